The molecule has 0 bridgehead atoms. The third-order valence-electron chi connectivity index (χ3n) is 1.23. The van der Waals surface area contributed by atoms with Crippen LogP contribution in [0.1, 0.15) is 0 Å². The Morgan fingerprint density at radius 1 is 1.92 bits per heavy atom. The van der Waals surface area contributed by atoms with Crippen LogP contribution in [-0.4, -0.2) is 14.5 Å². The van der Waals surface area contributed by atoms with Crippen molar-refractivity contribution < 1.29 is 4.92 Å². The lowest BCUT2D eigenvalue weighted by Crippen LogP contribution is -1.92. The highest BCUT2D eigenvalue weighted by Gasteiger charge is 2.14. The van der Waals surface area contributed by atoms with E-state index in [2.05, 4.69) is 27.5 Å². The van der Waals surface area contributed by atoms with Crippen molar-refractivity contribution in [2.75, 3.05) is 0 Å². The largest absolute Gasteiger partial charge is 0.382 e. The van der Waals surface area contributed by atoms with Crippen molar-refractivity contribution in [2.45, 2.75) is 6.54 Å². The number of aromatic nitrogens is 2. The summed E-state index contributed by atoms with van der Waals surface area (Å²) in [4.78, 5) is 13.4. The van der Waals surface area contributed by atoms with Gasteiger partial charge in [-0.05, 0) is 9.91 Å². The van der Waals surface area contributed by atoms with Gasteiger partial charge in [-0.15, -0.1) is 6.58 Å². The number of rotatable bonds is 3. The molecule has 0 amide bonds. The number of hydrogen-bond donors (Lipinski definition) is 0. The summed E-state index contributed by atoms with van der Waals surface area (Å²) in [7, 11) is 0. The van der Waals surface area contributed by atoms with Gasteiger partial charge in [0.2, 0.25) is 0 Å². The van der Waals surface area contributed by atoms with Crippen LogP contribution in [0.4, 0.5) is 5.82 Å². The molecular formula is C6H6BrN3O2. The first kappa shape index (κ1) is 8.92. The van der Waals surface area contributed by atoms with Crippen molar-refractivity contribution >= 4 is 21.7 Å². The predicted molar refractivity (Wildman–Crippen MR) is 46.8 cm³/mol. The molecule has 1 aromatic heterocycles. The molecule has 0 radical (unpaired) electrons. The van der Waals surface area contributed by atoms with Crippen LogP contribution < -0.4 is 0 Å². The van der Waals surface area contributed by atoms with Gasteiger partial charge in [0.25, 0.3) is 4.73 Å². The zero-order chi connectivity index (χ0) is 9.14. The van der Waals surface area contributed by atoms with Crippen LogP contribution >= 0.6 is 15.9 Å². The molecular weight excluding hydrogens is 226 g/mol. The zero-order valence-corrected chi connectivity index (χ0v) is 7.69. The summed E-state index contributed by atoms with van der Waals surface area (Å²) in [5, 5.41) is 10.3. The van der Waals surface area contributed by atoms with Crippen molar-refractivity contribution in [3.63, 3.8) is 0 Å². The first-order valence-electron chi connectivity index (χ1n) is 3.13. The van der Waals surface area contributed by atoms with E-state index >= 15 is 0 Å². The van der Waals surface area contributed by atoms with Gasteiger partial charge in [0.1, 0.15) is 6.20 Å². The Kier molecular flexibility index (Phi) is 2.59. The maximum absolute atomic E-state index is 10.3. The Morgan fingerprint density at radius 3 is 3.00 bits per heavy atom. The Balaban J connectivity index is 2.99. The number of halogens is 1. The topological polar surface area (TPSA) is 61.0 Å². The van der Waals surface area contributed by atoms with Gasteiger partial charge < -0.3 is 10.1 Å². The molecule has 1 aromatic rings. The standard InChI is InChI=1S/C6H6BrN3O2/c1-2-3-9-4-5(10(11)12)8-6(9)7/h2,4H,1,3H2. The van der Waals surface area contributed by atoms with E-state index in [9.17, 15) is 10.1 Å². The highest BCUT2D eigenvalue weighted by molar-refractivity contribution is 9.10. The van der Waals surface area contributed by atoms with Crippen LogP contribution in [0.25, 0.3) is 0 Å². The lowest BCUT2D eigenvalue weighted by atomic mass is 10.6. The molecule has 0 aliphatic heterocycles. The summed E-state index contributed by atoms with van der Waals surface area (Å²) in [6, 6.07) is 0. The molecule has 0 saturated carbocycles. The SMILES string of the molecule is C=CCn1cc([N+](=O)[O-])nc1Br. The molecule has 0 aromatic carbocycles. The Morgan fingerprint density at radius 2 is 2.58 bits per heavy atom. The molecule has 0 aliphatic rings. The third-order valence-corrected chi connectivity index (χ3v) is 1.86. The van der Waals surface area contributed by atoms with Gasteiger partial charge in [-0.2, -0.15) is 0 Å². The third kappa shape index (κ3) is 1.70. The van der Waals surface area contributed by atoms with Gasteiger partial charge in [0, 0.05) is 22.5 Å². The monoisotopic (exact) mass is 231 g/mol. The number of nitrogens with zero attached hydrogens (tertiary/aromatic N) is 3. The average molecular weight is 232 g/mol. The number of imidazole rings is 1. The second-order valence-corrected chi connectivity index (χ2v) is 2.78. The van der Waals surface area contributed by atoms with Crippen LogP contribution in [0, 0.1) is 10.1 Å². The van der Waals surface area contributed by atoms with Gasteiger partial charge in [-0.3, -0.25) is 4.57 Å². The smallest absolute Gasteiger partial charge is 0.358 e. The average Bonchev–Trinajstić information content (AvgIpc) is 2.34. The van der Waals surface area contributed by atoms with E-state index in [-0.39, 0.29) is 5.82 Å². The second-order valence-electron chi connectivity index (χ2n) is 2.07. The molecule has 0 unspecified atom stereocenters. The van der Waals surface area contributed by atoms with E-state index in [1.54, 1.807) is 10.6 Å². The maximum Gasteiger partial charge on any atom is 0.382 e. The first-order chi connectivity index (χ1) is 5.65. The number of allylic oxidation sites excluding steroid dienone is 1. The molecule has 0 spiro atoms. The fourth-order valence-electron chi connectivity index (χ4n) is 0.735. The summed E-state index contributed by atoms with van der Waals surface area (Å²) in [5.74, 6) is -0.163. The quantitative estimate of drug-likeness (QED) is 0.453. The Bertz CT molecular complexity index is 321. The van der Waals surface area contributed by atoms with Gasteiger partial charge in [-0.25, -0.2) is 0 Å². The Hall–Kier alpha value is -1.17. The molecule has 6 heteroatoms. The molecule has 0 aliphatic carbocycles. The van der Waals surface area contributed by atoms with Crippen LogP contribution in [0.2, 0.25) is 0 Å². The van der Waals surface area contributed by atoms with Gasteiger partial charge in [-0.1, -0.05) is 6.08 Å². The summed E-state index contributed by atoms with van der Waals surface area (Å²) >= 11 is 3.09. The second kappa shape index (κ2) is 3.48. The molecule has 0 N–H and O–H groups in total. The molecule has 1 rings (SSSR count). The summed E-state index contributed by atoms with van der Waals surface area (Å²) in [6.45, 7) is 4.01. The Labute approximate surface area is 77.0 Å². The van der Waals surface area contributed by atoms with Gasteiger partial charge in [0.05, 0.1) is 0 Å². The zero-order valence-electron chi connectivity index (χ0n) is 6.11. The van der Waals surface area contributed by atoms with Crippen molar-refractivity contribution in [1.82, 2.24) is 9.55 Å². The minimum Gasteiger partial charge on any atom is -0.358 e. The van der Waals surface area contributed by atoms with Gasteiger partial charge >= 0.3 is 5.82 Å². The molecule has 5 nitrogen and oxygen atoms in total. The summed E-state index contributed by atoms with van der Waals surface area (Å²) < 4.78 is 2.03. The van der Waals surface area contributed by atoms with Crippen LogP contribution in [0.5, 0.6) is 0 Å². The molecule has 64 valence electrons. The van der Waals surface area contributed by atoms with Crippen molar-refractivity contribution in [3.05, 3.63) is 33.7 Å². The van der Waals surface area contributed by atoms with Crippen LogP contribution in [0.15, 0.2) is 23.6 Å². The van der Waals surface area contributed by atoms with Crippen LogP contribution in [-0.2, 0) is 6.54 Å². The molecule has 1 heterocycles. The van der Waals surface area contributed by atoms with Crippen molar-refractivity contribution in [1.29, 1.82) is 0 Å². The van der Waals surface area contributed by atoms with E-state index in [0.717, 1.165) is 0 Å². The minimum atomic E-state index is -0.537. The number of hydrogen-bond acceptors (Lipinski definition) is 3. The number of nitro groups is 1. The van der Waals surface area contributed by atoms with E-state index in [1.165, 1.54) is 6.20 Å². The van der Waals surface area contributed by atoms with E-state index in [1.807, 2.05) is 0 Å². The van der Waals surface area contributed by atoms with Crippen LogP contribution in [0.3, 0.4) is 0 Å². The van der Waals surface area contributed by atoms with Crippen molar-refractivity contribution in [3.8, 4) is 0 Å². The molecule has 12 heavy (non-hydrogen) atoms. The highest BCUT2D eigenvalue weighted by atomic mass is 79.9. The highest BCUT2D eigenvalue weighted by Crippen LogP contribution is 2.15. The van der Waals surface area contributed by atoms with E-state index in [4.69, 9.17) is 0 Å². The lowest BCUT2D eigenvalue weighted by molar-refractivity contribution is -0.389. The van der Waals surface area contributed by atoms with Crippen molar-refractivity contribution in [2.24, 2.45) is 0 Å². The maximum atomic E-state index is 10.3. The first-order valence-corrected chi connectivity index (χ1v) is 3.92. The normalized spacial score (nSPS) is 9.75. The summed E-state index contributed by atoms with van der Waals surface area (Å²) in [6.07, 6.45) is 2.99. The molecule has 0 atom stereocenters. The summed E-state index contributed by atoms with van der Waals surface area (Å²) in [5.41, 5.74) is 0. The lowest BCUT2D eigenvalue weighted by Gasteiger charge is -1.91. The van der Waals surface area contributed by atoms with E-state index < -0.39 is 4.92 Å². The predicted octanol–water partition coefficient (Wildman–Crippen LogP) is 1.74. The fraction of sp³-hybridized carbons (Fsp3) is 0.167. The molecule has 0 saturated heterocycles. The van der Waals surface area contributed by atoms with Gasteiger partial charge in [0.15, 0.2) is 0 Å². The minimum absolute atomic E-state index is 0.163. The molecule has 0 fully saturated rings. The fourth-order valence-corrected chi connectivity index (χ4v) is 1.16. The van der Waals surface area contributed by atoms with E-state index in [0.29, 0.717) is 11.3 Å².